The molecule has 0 aliphatic carbocycles. The Bertz CT molecular complexity index is 24.4. The summed E-state index contributed by atoms with van der Waals surface area (Å²) in [6.07, 6.45) is 0. The highest BCUT2D eigenvalue weighted by Gasteiger charge is 1.98. The molecule has 0 aliphatic heterocycles. The average molecular weight is 181 g/mol. The zero-order valence-electron chi connectivity index (χ0n) is 3.55. The van der Waals surface area contributed by atoms with Gasteiger partial charge in [-0.3, -0.25) is 0 Å². The van der Waals surface area contributed by atoms with Crippen molar-refractivity contribution in [1.29, 1.82) is 0 Å². The largest absolute Gasteiger partial charge is 0.412 e. The Balaban J connectivity index is -0.0000000133. The van der Waals surface area contributed by atoms with Crippen LogP contribution in [0.25, 0.3) is 0 Å². The van der Waals surface area contributed by atoms with Gasteiger partial charge in [-0.05, 0) is 0 Å². The highest BCUT2D eigenvalue weighted by Crippen LogP contribution is 1.60. The van der Waals surface area contributed by atoms with Crippen LogP contribution < -0.4 is 14.0 Å². The van der Waals surface area contributed by atoms with E-state index < -0.39 is 10.2 Å². The van der Waals surface area contributed by atoms with Crippen molar-refractivity contribution in [2.24, 2.45) is 0 Å². The molecule has 0 bridgehead atoms. The van der Waals surface area contributed by atoms with E-state index in [1.54, 1.807) is 0 Å². The second-order valence-electron chi connectivity index (χ2n) is 0.396. The molecule has 0 radical (unpaired) electrons. The van der Waals surface area contributed by atoms with Gasteiger partial charge in [0.25, 0.3) is 0 Å². The van der Waals surface area contributed by atoms with Crippen LogP contribution in [0.2, 0.25) is 0 Å². The molecule has 60 valence electrons. The SMILES string of the molecule is O.O.O.[MgH2].[O-][Cl+3]([O-])([O-])O. The van der Waals surface area contributed by atoms with Crippen molar-refractivity contribution in [1.82, 2.24) is 0 Å². The second kappa shape index (κ2) is 11.6. The molecule has 0 saturated heterocycles. The lowest BCUT2D eigenvalue weighted by atomic mass is 15.8. The summed E-state index contributed by atoms with van der Waals surface area (Å²) in [6, 6.07) is 0. The van der Waals surface area contributed by atoms with Crippen LogP contribution in [-0.2, 0) is 0 Å². The lowest BCUT2D eigenvalue weighted by molar-refractivity contribution is -1.92. The Morgan fingerprint density at radius 1 is 0.889 bits per heavy atom. The van der Waals surface area contributed by atoms with Crippen LogP contribution >= 0.6 is 0 Å². The fourth-order valence-electron chi connectivity index (χ4n) is 0. The average Bonchev–Trinajstić information content (AvgIpc) is 0.722. The van der Waals surface area contributed by atoms with Gasteiger partial charge in [0.1, 0.15) is 0 Å². The predicted octanol–water partition coefficient (Wildman–Crippen LogP) is -7.51. The number of hydrogen-bond acceptors (Lipinski definition) is 4. The summed E-state index contributed by atoms with van der Waals surface area (Å²) in [5.41, 5.74) is 0. The maximum Gasteiger partial charge on any atom is 0.316 e. The quantitative estimate of drug-likeness (QED) is 0.363. The van der Waals surface area contributed by atoms with Crippen LogP contribution in [0.3, 0.4) is 0 Å². The summed E-state index contributed by atoms with van der Waals surface area (Å²) >= 11 is 0. The van der Waals surface area contributed by atoms with Crippen molar-refractivity contribution in [2.45, 2.75) is 0 Å². The summed E-state index contributed by atoms with van der Waals surface area (Å²) in [5.74, 6) is 0. The molecule has 0 heterocycles. The second-order valence-corrected chi connectivity index (χ2v) is 1.19. The molecule has 0 atom stereocenters. The van der Waals surface area contributed by atoms with E-state index in [1.165, 1.54) is 0 Å². The Hall–Kier alpha value is 0.776. The molecular formula is H9ClMgO7. The Morgan fingerprint density at radius 2 is 0.889 bits per heavy atom. The fourth-order valence-corrected chi connectivity index (χ4v) is 0. The molecule has 0 aromatic heterocycles. The standard InChI is InChI=1S/ClHO4.Mg.3H2O.2H/c2-1(3,4)5;;;;;;/h(H,2,3,4,5);;3*1H2;;. The highest BCUT2D eigenvalue weighted by atomic mass is 35.7. The molecule has 0 amide bonds. The summed E-state index contributed by atoms with van der Waals surface area (Å²) in [4.78, 5) is 0. The maximum atomic E-state index is 8.60. The number of hydrogen-bond donors (Lipinski definition) is 1. The van der Waals surface area contributed by atoms with Crippen molar-refractivity contribution in [2.75, 3.05) is 0 Å². The lowest BCUT2D eigenvalue weighted by Gasteiger charge is -2.03. The van der Waals surface area contributed by atoms with Gasteiger partial charge in [-0.1, -0.05) is 0 Å². The van der Waals surface area contributed by atoms with Gasteiger partial charge in [0, 0.05) is 0 Å². The van der Waals surface area contributed by atoms with E-state index >= 15 is 0 Å². The number of halogens is 1. The molecule has 9 heteroatoms. The minimum absolute atomic E-state index is 0. The van der Waals surface area contributed by atoms with Gasteiger partial charge in [-0.25, -0.2) is 0 Å². The van der Waals surface area contributed by atoms with Crippen LogP contribution in [0.15, 0.2) is 0 Å². The van der Waals surface area contributed by atoms with Crippen molar-refractivity contribution in [3.63, 3.8) is 0 Å². The Kier molecular flexibility index (Phi) is 42.4. The molecule has 0 aromatic rings. The van der Waals surface area contributed by atoms with Gasteiger partial charge >= 0.3 is 23.1 Å². The van der Waals surface area contributed by atoms with Crippen molar-refractivity contribution < 1.29 is 45.3 Å². The normalized spacial score (nSPS) is 6.67. The molecule has 0 fully saturated rings. The molecule has 0 spiro atoms. The first-order chi connectivity index (χ1) is 2.00. The Labute approximate surface area is 68.7 Å². The van der Waals surface area contributed by atoms with E-state index in [-0.39, 0.29) is 39.5 Å². The third-order valence-corrected chi connectivity index (χ3v) is 0. The third-order valence-electron chi connectivity index (χ3n) is 0. The zero-order valence-corrected chi connectivity index (χ0v) is 4.31. The molecule has 7 N–H and O–H groups in total. The first-order valence-electron chi connectivity index (χ1n) is 0.632. The molecule has 9 heavy (non-hydrogen) atoms. The van der Waals surface area contributed by atoms with E-state index in [4.69, 9.17) is 18.6 Å². The van der Waals surface area contributed by atoms with Gasteiger partial charge in [-0.2, -0.15) is 14.0 Å². The van der Waals surface area contributed by atoms with E-state index in [0.717, 1.165) is 0 Å². The van der Waals surface area contributed by atoms with E-state index in [2.05, 4.69) is 0 Å². The Morgan fingerprint density at radius 3 is 0.889 bits per heavy atom. The third kappa shape index (κ3) is 669. The van der Waals surface area contributed by atoms with Gasteiger partial charge in [0.05, 0.1) is 14.9 Å². The molecule has 0 aromatic carbocycles. The summed E-state index contributed by atoms with van der Waals surface area (Å²) in [6.45, 7) is 0. The highest BCUT2D eigenvalue weighted by molar-refractivity contribution is 5.75. The maximum absolute atomic E-state index is 8.60. The van der Waals surface area contributed by atoms with E-state index in [1.807, 2.05) is 0 Å². The van der Waals surface area contributed by atoms with Crippen LogP contribution in [0, 0.1) is 10.2 Å². The molecule has 7 nitrogen and oxygen atoms in total. The summed E-state index contributed by atoms with van der Waals surface area (Å²) < 4.78 is 32.7. The first kappa shape index (κ1) is 33.0. The van der Waals surface area contributed by atoms with Crippen LogP contribution in [0.5, 0.6) is 0 Å². The first-order valence-corrected chi connectivity index (χ1v) is 1.90. The van der Waals surface area contributed by atoms with Crippen molar-refractivity contribution >= 4 is 23.1 Å². The zero-order chi connectivity index (χ0) is 4.50. The number of rotatable bonds is 0. The smallest absolute Gasteiger partial charge is 0.316 e. The van der Waals surface area contributed by atoms with Crippen LogP contribution in [0.1, 0.15) is 0 Å². The molecule has 0 unspecified atom stereocenters. The van der Waals surface area contributed by atoms with Crippen molar-refractivity contribution in [3.05, 3.63) is 0 Å². The molecule has 0 rings (SSSR count). The van der Waals surface area contributed by atoms with Gasteiger partial charge in [0.2, 0.25) is 0 Å². The topological polar surface area (TPSA) is 184 Å². The van der Waals surface area contributed by atoms with E-state index in [9.17, 15) is 0 Å². The molecular weight excluding hydrogens is 172 g/mol. The molecule has 0 saturated carbocycles. The summed E-state index contributed by atoms with van der Waals surface area (Å²) in [7, 11) is -4.69. The minimum Gasteiger partial charge on any atom is -0.412 e. The minimum atomic E-state index is -4.69. The summed E-state index contributed by atoms with van der Waals surface area (Å²) in [5, 5.41) is 0. The van der Waals surface area contributed by atoms with Crippen LogP contribution in [0.4, 0.5) is 0 Å². The van der Waals surface area contributed by atoms with Crippen LogP contribution in [-0.4, -0.2) is 44.1 Å². The predicted molar refractivity (Wildman–Crippen MR) is 21.6 cm³/mol. The molecule has 0 aliphatic rings. The van der Waals surface area contributed by atoms with Gasteiger partial charge in [0.15, 0.2) is 0 Å². The fraction of sp³-hybridized carbons (Fsp3) is 0. The van der Waals surface area contributed by atoms with Crippen molar-refractivity contribution in [3.8, 4) is 0 Å². The van der Waals surface area contributed by atoms with Gasteiger partial charge < -0.3 is 16.4 Å². The van der Waals surface area contributed by atoms with Gasteiger partial charge in [-0.15, -0.1) is 0 Å². The monoisotopic (exact) mass is 180 g/mol. The lowest BCUT2D eigenvalue weighted by Crippen LogP contribution is -2.58. The van der Waals surface area contributed by atoms with E-state index in [0.29, 0.717) is 0 Å².